The number of hydrogen-bond donors (Lipinski definition) is 1. The molecule has 1 aliphatic rings. The van der Waals surface area contributed by atoms with E-state index in [1.165, 1.54) is 77.2 Å². The van der Waals surface area contributed by atoms with Gasteiger partial charge in [-0.2, -0.15) is 0 Å². The molecule has 0 amide bonds. The molecule has 1 heteroatoms. The van der Waals surface area contributed by atoms with E-state index < -0.39 is 0 Å². The molecule has 3 unspecified atom stereocenters. The predicted octanol–water partition coefficient (Wildman–Crippen LogP) is 5.54. The van der Waals surface area contributed by atoms with Crippen molar-refractivity contribution in [2.45, 2.75) is 97.4 Å². The minimum Gasteiger partial charge on any atom is -0.314 e. The average molecular weight is 268 g/mol. The molecule has 0 aromatic carbocycles. The van der Waals surface area contributed by atoms with E-state index >= 15 is 0 Å². The van der Waals surface area contributed by atoms with Gasteiger partial charge in [-0.05, 0) is 44.1 Å². The van der Waals surface area contributed by atoms with Crippen molar-refractivity contribution in [1.82, 2.24) is 5.32 Å². The molecule has 0 aliphatic heterocycles. The normalized spacial score (nSPS) is 24.8. The Morgan fingerprint density at radius 2 is 1.68 bits per heavy atom. The number of unbranched alkanes of at least 4 members (excludes halogenated alkanes) is 5. The quantitative estimate of drug-likeness (QED) is 0.485. The summed E-state index contributed by atoms with van der Waals surface area (Å²) in [6.07, 6.45) is 15.7. The topological polar surface area (TPSA) is 12.0 Å². The maximum absolute atomic E-state index is 3.83. The summed E-state index contributed by atoms with van der Waals surface area (Å²) < 4.78 is 0. The number of rotatable bonds is 11. The van der Waals surface area contributed by atoms with E-state index in [1.807, 2.05) is 0 Å². The third-order valence-electron chi connectivity index (χ3n) is 4.83. The summed E-state index contributed by atoms with van der Waals surface area (Å²) in [7, 11) is 0. The van der Waals surface area contributed by atoms with Crippen LogP contribution in [0.1, 0.15) is 91.4 Å². The summed E-state index contributed by atoms with van der Waals surface area (Å²) in [5.41, 5.74) is 0. The van der Waals surface area contributed by atoms with E-state index in [0.717, 1.165) is 17.9 Å². The van der Waals surface area contributed by atoms with Gasteiger partial charge in [-0.15, -0.1) is 0 Å². The second-order valence-corrected chi connectivity index (χ2v) is 6.80. The SMILES string of the molecule is CCCCCCCCC(NCCC)C1CCC(C)C1. The molecule has 1 N–H and O–H groups in total. The summed E-state index contributed by atoms with van der Waals surface area (Å²) in [5, 5.41) is 3.83. The van der Waals surface area contributed by atoms with E-state index in [1.54, 1.807) is 0 Å². The fraction of sp³-hybridized carbons (Fsp3) is 1.00. The van der Waals surface area contributed by atoms with Crippen molar-refractivity contribution >= 4 is 0 Å². The van der Waals surface area contributed by atoms with Gasteiger partial charge in [-0.25, -0.2) is 0 Å². The van der Waals surface area contributed by atoms with Crippen molar-refractivity contribution in [1.29, 1.82) is 0 Å². The first-order chi connectivity index (χ1) is 9.27. The molecule has 0 spiro atoms. The molecule has 114 valence electrons. The second kappa shape index (κ2) is 10.7. The van der Waals surface area contributed by atoms with Gasteiger partial charge in [0.25, 0.3) is 0 Å². The second-order valence-electron chi connectivity index (χ2n) is 6.80. The van der Waals surface area contributed by atoms with Gasteiger partial charge >= 0.3 is 0 Å². The molecule has 0 bridgehead atoms. The van der Waals surface area contributed by atoms with E-state index in [2.05, 4.69) is 26.1 Å². The Morgan fingerprint density at radius 3 is 2.32 bits per heavy atom. The maximum Gasteiger partial charge on any atom is 0.00954 e. The third kappa shape index (κ3) is 7.34. The van der Waals surface area contributed by atoms with Crippen LogP contribution >= 0.6 is 0 Å². The molecule has 0 aromatic heterocycles. The molecule has 0 saturated heterocycles. The Balaban J connectivity index is 2.17. The molecule has 19 heavy (non-hydrogen) atoms. The van der Waals surface area contributed by atoms with Gasteiger partial charge in [0, 0.05) is 6.04 Å². The van der Waals surface area contributed by atoms with Gasteiger partial charge in [-0.1, -0.05) is 65.7 Å². The largest absolute Gasteiger partial charge is 0.314 e. The molecule has 1 aliphatic carbocycles. The Morgan fingerprint density at radius 1 is 0.947 bits per heavy atom. The van der Waals surface area contributed by atoms with Gasteiger partial charge < -0.3 is 5.32 Å². The zero-order valence-electron chi connectivity index (χ0n) is 13.7. The highest BCUT2D eigenvalue weighted by atomic mass is 14.9. The minimum atomic E-state index is 0.816. The summed E-state index contributed by atoms with van der Waals surface area (Å²) in [5.74, 6) is 1.94. The summed E-state index contributed by atoms with van der Waals surface area (Å²) in [6.45, 7) is 8.23. The van der Waals surface area contributed by atoms with E-state index in [4.69, 9.17) is 0 Å². The fourth-order valence-corrected chi connectivity index (χ4v) is 3.60. The molecular formula is C18H37N. The predicted molar refractivity (Wildman–Crippen MR) is 86.6 cm³/mol. The number of nitrogens with one attached hydrogen (secondary N) is 1. The Labute approximate surface area is 121 Å². The molecule has 0 aromatic rings. The van der Waals surface area contributed by atoms with Crippen LogP contribution in [0.2, 0.25) is 0 Å². The van der Waals surface area contributed by atoms with E-state index in [0.29, 0.717) is 0 Å². The molecule has 0 heterocycles. The van der Waals surface area contributed by atoms with Crippen LogP contribution in [0.15, 0.2) is 0 Å². The smallest absolute Gasteiger partial charge is 0.00954 e. The average Bonchev–Trinajstić information content (AvgIpc) is 2.83. The first-order valence-electron chi connectivity index (χ1n) is 9.01. The Bertz CT molecular complexity index is 202. The highest BCUT2D eigenvalue weighted by Gasteiger charge is 2.27. The molecule has 0 radical (unpaired) electrons. The van der Waals surface area contributed by atoms with Gasteiger partial charge in [0.2, 0.25) is 0 Å². The summed E-state index contributed by atoms with van der Waals surface area (Å²) in [6, 6.07) is 0.816. The van der Waals surface area contributed by atoms with Crippen LogP contribution in [0.4, 0.5) is 0 Å². The van der Waals surface area contributed by atoms with Gasteiger partial charge in [0.15, 0.2) is 0 Å². The van der Waals surface area contributed by atoms with E-state index in [-0.39, 0.29) is 0 Å². The summed E-state index contributed by atoms with van der Waals surface area (Å²) >= 11 is 0. The fourth-order valence-electron chi connectivity index (χ4n) is 3.60. The van der Waals surface area contributed by atoms with Crippen molar-refractivity contribution in [3.63, 3.8) is 0 Å². The maximum atomic E-state index is 3.83. The van der Waals surface area contributed by atoms with Crippen LogP contribution in [0.25, 0.3) is 0 Å². The van der Waals surface area contributed by atoms with Crippen LogP contribution in [0, 0.1) is 11.8 Å². The zero-order chi connectivity index (χ0) is 13.9. The first-order valence-corrected chi connectivity index (χ1v) is 9.01. The standard InChI is InChI=1S/C18H37N/c1-4-6-7-8-9-10-11-18(19-14-5-2)17-13-12-16(3)15-17/h16-19H,4-15H2,1-3H3. The molecule has 1 rings (SSSR count). The van der Waals surface area contributed by atoms with E-state index in [9.17, 15) is 0 Å². The summed E-state index contributed by atoms with van der Waals surface area (Å²) in [4.78, 5) is 0. The van der Waals surface area contributed by atoms with Crippen LogP contribution in [-0.4, -0.2) is 12.6 Å². The van der Waals surface area contributed by atoms with Crippen molar-refractivity contribution in [2.24, 2.45) is 11.8 Å². The van der Waals surface area contributed by atoms with Crippen LogP contribution in [0.3, 0.4) is 0 Å². The van der Waals surface area contributed by atoms with Gasteiger partial charge in [0.1, 0.15) is 0 Å². The Kier molecular flexibility index (Phi) is 9.59. The Hall–Kier alpha value is -0.0400. The van der Waals surface area contributed by atoms with Crippen molar-refractivity contribution in [3.8, 4) is 0 Å². The van der Waals surface area contributed by atoms with Crippen molar-refractivity contribution in [2.75, 3.05) is 6.54 Å². The molecule has 1 nitrogen and oxygen atoms in total. The third-order valence-corrected chi connectivity index (χ3v) is 4.83. The lowest BCUT2D eigenvalue weighted by molar-refractivity contribution is 0.324. The molecule has 1 fully saturated rings. The van der Waals surface area contributed by atoms with Crippen LogP contribution in [-0.2, 0) is 0 Å². The van der Waals surface area contributed by atoms with Crippen LogP contribution in [0.5, 0.6) is 0 Å². The zero-order valence-corrected chi connectivity index (χ0v) is 13.7. The highest BCUT2D eigenvalue weighted by molar-refractivity contribution is 4.83. The highest BCUT2D eigenvalue weighted by Crippen LogP contribution is 2.34. The molecule has 3 atom stereocenters. The minimum absolute atomic E-state index is 0.816. The van der Waals surface area contributed by atoms with Crippen LogP contribution < -0.4 is 5.32 Å². The lowest BCUT2D eigenvalue weighted by Crippen LogP contribution is -2.35. The first kappa shape index (κ1) is 17.0. The number of hydrogen-bond acceptors (Lipinski definition) is 1. The molecule has 1 saturated carbocycles. The van der Waals surface area contributed by atoms with Crippen molar-refractivity contribution in [3.05, 3.63) is 0 Å². The van der Waals surface area contributed by atoms with Gasteiger partial charge in [-0.3, -0.25) is 0 Å². The lowest BCUT2D eigenvalue weighted by Gasteiger charge is -2.25. The monoisotopic (exact) mass is 267 g/mol. The lowest BCUT2D eigenvalue weighted by atomic mass is 9.92. The van der Waals surface area contributed by atoms with Gasteiger partial charge in [0.05, 0.1) is 0 Å². The van der Waals surface area contributed by atoms with Crippen molar-refractivity contribution < 1.29 is 0 Å². The molecular weight excluding hydrogens is 230 g/mol.